The number of rotatable bonds is 7. The van der Waals surface area contributed by atoms with Crippen LogP contribution in [-0.4, -0.2) is 40.3 Å². The number of ether oxygens (including phenoxy) is 2. The molecule has 184 valence electrons. The zero-order valence-electron chi connectivity index (χ0n) is 20.4. The molecule has 1 aromatic heterocycles. The van der Waals surface area contributed by atoms with Crippen LogP contribution in [0.3, 0.4) is 0 Å². The second-order valence-electron chi connectivity index (χ2n) is 9.46. The van der Waals surface area contributed by atoms with Crippen molar-refractivity contribution in [1.82, 2.24) is 9.88 Å². The van der Waals surface area contributed by atoms with Gasteiger partial charge in [-0.2, -0.15) is 0 Å². The molecular weight excluding hydrogens is 458 g/mol. The third-order valence-corrected chi connectivity index (χ3v) is 6.36. The van der Waals surface area contributed by atoms with E-state index in [1.165, 1.54) is 11.8 Å². The van der Waals surface area contributed by atoms with E-state index >= 15 is 0 Å². The summed E-state index contributed by atoms with van der Waals surface area (Å²) >= 11 is 0. The highest BCUT2D eigenvalue weighted by Gasteiger charge is 2.40. The van der Waals surface area contributed by atoms with Crippen molar-refractivity contribution in [3.05, 3.63) is 71.5 Å². The summed E-state index contributed by atoms with van der Waals surface area (Å²) in [5.41, 5.74) is 4.10. The molecule has 0 saturated heterocycles. The second-order valence-corrected chi connectivity index (χ2v) is 9.46. The lowest BCUT2D eigenvalue weighted by molar-refractivity contribution is -0.114. The van der Waals surface area contributed by atoms with E-state index in [0.29, 0.717) is 34.7 Å². The van der Waals surface area contributed by atoms with Crippen LogP contribution in [-0.2, 0) is 11.4 Å². The predicted molar refractivity (Wildman–Crippen MR) is 134 cm³/mol. The summed E-state index contributed by atoms with van der Waals surface area (Å²) in [4.78, 5) is 43.2. The molecule has 1 N–H and O–H groups in total. The van der Waals surface area contributed by atoms with Crippen LogP contribution in [0, 0.1) is 5.92 Å². The first-order valence-electron chi connectivity index (χ1n) is 11.9. The minimum absolute atomic E-state index is 0.172. The minimum Gasteiger partial charge on any atom is -0.491 e. The summed E-state index contributed by atoms with van der Waals surface area (Å²) in [7, 11) is 0. The molecule has 5 rings (SSSR count). The Balaban J connectivity index is 1.36. The van der Waals surface area contributed by atoms with Gasteiger partial charge < -0.3 is 14.8 Å². The molecule has 0 fully saturated rings. The normalized spacial score (nSPS) is 14.6. The van der Waals surface area contributed by atoms with Crippen LogP contribution in [0.4, 0.5) is 5.69 Å². The highest BCUT2D eigenvalue weighted by atomic mass is 16.5. The van der Waals surface area contributed by atoms with Crippen LogP contribution in [0.15, 0.2) is 54.9 Å². The highest BCUT2D eigenvalue weighted by molar-refractivity contribution is 6.21. The largest absolute Gasteiger partial charge is 0.491 e. The first kappa shape index (κ1) is 23.5. The second kappa shape index (κ2) is 9.45. The summed E-state index contributed by atoms with van der Waals surface area (Å²) in [5, 5.41) is 2.80. The van der Waals surface area contributed by atoms with Crippen molar-refractivity contribution in [3.8, 4) is 22.6 Å². The van der Waals surface area contributed by atoms with Crippen molar-refractivity contribution < 1.29 is 23.9 Å². The standard InChI is InChI=1S/C28H27N3O5/c1-16(2)10-18(31-27(33)21-6-4-5-7-22(21)28(31)34)14-35-19-8-9-20-23-12-29-13-25(30-17(3)32)24(23)15-36-26(20)11-19/h4-9,11-13,16,18H,10,14-15H2,1-3H3,(H,30,32)/t18-/m0/s1. The van der Waals surface area contributed by atoms with Crippen LogP contribution in [0.5, 0.6) is 11.5 Å². The van der Waals surface area contributed by atoms with Crippen LogP contribution in [0.1, 0.15) is 53.5 Å². The molecule has 0 bridgehead atoms. The lowest BCUT2D eigenvalue weighted by Gasteiger charge is -2.28. The number of amides is 3. The number of carbonyl (C=O) groups excluding carboxylic acids is 3. The molecule has 2 aliphatic heterocycles. The first-order valence-corrected chi connectivity index (χ1v) is 11.9. The van der Waals surface area contributed by atoms with Crippen molar-refractivity contribution in [3.63, 3.8) is 0 Å². The van der Waals surface area contributed by atoms with Crippen LogP contribution in [0.25, 0.3) is 11.1 Å². The van der Waals surface area contributed by atoms with Crippen LogP contribution < -0.4 is 14.8 Å². The van der Waals surface area contributed by atoms with Gasteiger partial charge in [-0.3, -0.25) is 24.3 Å². The smallest absolute Gasteiger partial charge is 0.261 e. The van der Waals surface area contributed by atoms with Gasteiger partial charge >= 0.3 is 0 Å². The predicted octanol–water partition coefficient (Wildman–Crippen LogP) is 4.69. The number of imide groups is 1. The van der Waals surface area contributed by atoms with Gasteiger partial charge in [0.2, 0.25) is 5.91 Å². The van der Waals surface area contributed by atoms with Crippen LogP contribution >= 0.6 is 0 Å². The summed E-state index contributed by atoms with van der Waals surface area (Å²) in [6.45, 7) is 6.02. The average Bonchev–Trinajstić information content (AvgIpc) is 3.11. The summed E-state index contributed by atoms with van der Waals surface area (Å²) in [6.07, 6.45) is 3.99. The molecule has 8 nitrogen and oxygen atoms in total. The number of carbonyl (C=O) groups is 3. The quantitative estimate of drug-likeness (QED) is 0.488. The first-order chi connectivity index (χ1) is 17.3. The number of aromatic nitrogens is 1. The molecule has 2 aromatic carbocycles. The Hall–Kier alpha value is -4.20. The number of fused-ring (bicyclic) bond motifs is 4. The van der Waals surface area contributed by atoms with Gasteiger partial charge in [-0.25, -0.2) is 0 Å². The van der Waals surface area contributed by atoms with E-state index in [4.69, 9.17) is 9.47 Å². The Bertz CT molecular complexity index is 1330. The van der Waals surface area contributed by atoms with Gasteiger partial charge in [0.05, 0.1) is 29.1 Å². The van der Waals surface area contributed by atoms with Gasteiger partial charge in [0.15, 0.2) is 0 Å². The van der Waals surface area contributed by atoms with Crippen molar-refractivity contribution in [1.29, 1.82) is 0 Å². The molecule has 0 saturated carbocycles. The number of benzene rings is 2. The summed E-state index contributed by atoms with van der Waals surface area (Å²) < 4.78 is 12.1. The molecule has 0 aliphatic carbocycles. The SMILES string of the molecule is CC(=O)Nc1cncc2c1COc1cc(OC[C@H](CC(C)C)N3C(=O)c4ccccc4C3=O)ccc1-2. The Morgan fingerprint density at radius 3 is 2.44 bits per heavy atom. The Kier molecular flexibility index (Phi) is 6.18. The average molecular weight is 486 g/mol. The van der Waals surface area contributed by atoms with E-state index in [2.05, 4.69) is 24.1 Å². The molecule has 3 aromatic rings. The van der Waals surface area contributed by atoms with Gasteiger partial charge in [-0.1, -0.05) is 26.0 Å². The number of anilines is 1. The molecule has 1 atom stereocenters. The third-order valence-electron chi connectivity index (χ3n) is 6.36. The molecular formula is C28H27N3O5. The van der Waals surface area contributed by atoms with Gasteiger partial charge in [0.1, 0.15) is 24.7 Å². The molecule has 2 aliphatic rings. The van der Waals surface area contributed by atoms with E-state index in [1.807, 2.05) is 12.1 Å². The van der Waals surface area contributed by atoms with Gasteiger partial charge in [-0.05, 0) is 36.6 Å². The fraction of sp³-hybridized carbons (Fsp3) is 0.286. The zero-order chi connectivity index (χ0) is 25.4. The third kappa shape index (κ3) is 4.30. The lowest BCUT2D eigenvalue weighted by Crippen LogP contribution is -2.44. The molecule has 8 heteroatoms. The van der Waals surface area contributed by atoms with E-state index < -0.39 is 6.04 Å². The van der Waals surface area contributed by atoms with Gasteiger partial charge in [0.25, 0.3) is 11.8 Å². The number of pyridine rings is 1. The Labute approximate surface area is 209 Å². The summed E-state index contributed by atoms with van der Waals surface area (Å²) in [5.74, 6) is 0.747. The maximum Gasteiger partial charge on any atom is 0.261 e. The topological polar surface area (TPSA) is 97.8 Å². The minimum atomic E-state index is -0.403. The Morgan fingerprint density at radius 1 is 1.06 bits per heavy atom. The zero-order valence-corrected chi connectivity index (χ0v) is 20.4. The van der Waals surface area contributed by atoms with E-state index in [1.54, 1.807) is 42.7 Å². The maximum absolute atomic E-state index is 13.0. The van der Waals surface area contributed by atoms with Crippen molar-refractivity contribution >= 4 is 23.4 Å². The monoisotopic (exact) mass is 485 g/mol. The fourth-order valence-electron chi connectivity index (χ4n) is 4.78. The maximum atomic E-state index is 13.0. The fourth-order valence-corrected chi connectivity index (χ4v) is 4.78. The van der Waals surface area contributed by atoms with Crippen LogP contribution in [0.2, 0.25) is 0 Å². The Morgan fingerprint density at radius 2 is 1.78 bits per heavy atom. The van der Waals surface area contributed by atoms with E-state index in [9.17, 15) is 14.4 Å². The number of hydrogen-bond acceptors (Lipinski definition) is 6. The molecule has 36 heavy (non-hydrogen) atoms. The van der Waals surface area contributed by atoms with Crippen molar-refractivity contribution in [2.75, 3.05) is 11.9 Å². The van der Waals surface area contributed by atoms with Gasteiger partial charge in [0, 0.05) is 35.9 Å². The van der Waals surface area contributed by atoms with E-state index in [-0.39, 0.29) is 36.9 Å². The molecule has 3 amide bonds. The van der Waals surface area contributed by atoms with E-state index in [0.717, 1.165) is 16.7 Å². The number of nitrogens with one attached hydrogen (secondary N) is 1. The molecule has 0 radical (unpaired) electrons. The number of nitrogens with zero attached hydrogens (tertiary/aromatic N) is 2. The highest BCUT2D eigenvalue weighted by Crippen LogP contribution is 2.41. The van der Waals surface area contributed by atoms with Crippen molar-refractivity contribution in [2.24, 2.45) is 5.92 Å². The molecule has 0 unspecified atom stereocenters. The molecule has 0 spiro atoms. The number of hydrogen-bond donors (Lipinski definition) is 1. The van der Waals surface area contributed by atoms with Crippen molar-refractivity contribution in [2.45, 2.75) is 39.8 Å². The molecule has 3 heterocycles. The summed E-state index contributed by atoms with van der Waals surface area (Å²) in [6, 6.07) is 12.0. The lowest BCUT2D eigenvalue weighted by atomic mass is 9.98. The van der Waals surface area contributed by atoms with Gasteiger partial charge in [-0.15, -0.1) is 0 Å².